The average molecular weight is 419 g/mol. The lowest BCUT2D eigenvalue weighted by molar-refractivity contribution is 0.0786. The minimum absolute atomic E-state index is 0.0462. The van der Waals surface area contributed by atoms with E-state index in [0.29, 0.717) is 23.5 Å². The number of carbonyl (C=O) groups is 2. The van der Waals surface area contributed by atoms with Crippen LogP contribution in [0.25, 0.3) is 11.3 Å². The first-order valence-corrected chi connectivity index (χ1v) is 9.84. The molecular weight excluding hydrogens is 392 g/mol. The number of hydrogen-bond acceptors (Lipinski definition) is 6. The third-order valence-corrected chi connectivity index (χ3v) is 4.70. The summed E-state index contributed by atoms with van der Waals surface area (Å²) < 4.78 is 0. The fraction of sp³-hybridized carbons (Fsp3) is 0.217. The molecule has 1 aromatic heterocycles. The second kappa shape index (κ2) is 9.82. The van der Waals surface area contributed by atoms with E-state index < -0.39 is 5.91 Å². The molecule has 0 unspecified atom stereocenters. The fourth-order valence-corrected chi connectivity index (χ4v) is 2.87. The Morgan fingerprint density at radius 1 is 0.968 bits per heavy atom. The van der Waals surface area contributed by atoms with Crippen molar-refractivity contribution in [3.63, 3.8) is 0 Å². The SMILES string of the molecule is CN(C)CCN(C)C(=O)c1ccc(-c2cnc(N)c(C(=O)Nc3ccccc3)n2)cc1. The van der Waals surface area contributed by atoms with E-state index in [2.05, 4.69) is 15.3 Å². The van der Waals surface area contributed by atoms with E-state index in [1.807, 2.05) is 37.2 Å². The van der Waals surface area contributed by atoms with Crippen molar-refractivity contribution in [3.8, 4) is 11.3 Å². The summed E-state index contributed by atoms with van der Waals surface area (Å²) in [6, 6.07) is 16.1. The van der Waals surface area contributed by atoms with Gasteiger partial charge in [0.25, 0.3) is 11.8 Å². The Labute approximate surface area is 181 Å². The molecule has 0 saturated heterocycles. The van der Waals surface area contributed by atoms with Gasteiger partial charge in [-0.1, -0.05) is 30.3 Å². The number of anilines is 2. The highest BCUT2D eigenvalue weighted by Gasteiger charge is 2.16. The number of aromatic nitrogens is 2. The standard InChI is InChI=1S/C23H26N6O2/c1-28(2)13-14-29(3)23(31)17-11-9-16(10-12-17)19-15-25-21(24)20(27-19)22(30)26-18-7-5-4-6-8-18/h4-12,15H,13-14H2,1-3H3,(H2,24,25)(H,26,30). The van der Waals surface area contributed by atoms with Crippen LogP contribution in [0, 0.1) is 0 Å². The first-order chi connectivity index (χ1) is 14.8. The monoisotopic (exact) mass is 418 g/mol. The Bertz CT molecular complexity index is 1050. The second-order valence-electron chi connectivity index (χ2n) is 7.42. The molecule has 3 aromatic rings. The zero-order valence-corrected chi connectivity index (χ0v) is 17.9. The summed E-state index contributed by atoms with van der Waals surface area (Å²) in [7, 11) is 5.72. The van der Waals surface area contributed by atoms with E-state index >= 15 is 0 Å². The van der Waals surface area contributed by atoms with Gasteiger partial charge in [-0.15, -0.1) is 0 Å². The van der Waals surface area contributed by atoms with Gasteiger partial charge < -0.3 is 20.9 Å². The van der Waals surface area contributed by atoms with Crippen molar-refractivity contribution in [1.29, 1.82) is 0 Å². The Morgan fingerprint density at radius 2 is 1.65 bits per heavy atom. The zero-order valence-electron chi connectivity index (χ0n) is 17.9. The van der Waals surface area contributed by atoms with Gasteiger partial charge in [0, 0.05) is 37.0 Å². The highest BCUT2D eigenvalue weighted by molar-refractivity contribution is 6.06. The maximum Gasteiger partial charge on any atom is 0.278 e. The van der Waals surface area contributed by atoms with Crippen LogP contribution in [0.15, 0.2) is 60.8 Å². The third-order valence-electron chi connectivity index (χ3n) is 4.70. The van der Waals surface area contributed by atoms with Gasteiger partial charge in [-0.05, 0) is 38.4 Å². The number of nitrogen functional groups attached to an aromatic ring is 1. The highest BCUT2D eigenvalue weighted by Crippen LogP contribution is 2.20. The summed E-state index contributed by atoms with van der Waals surface area (Å²) in [6.07, 6.45) is 1.51. The number of nitrogens with one attached hydrogen (secondary N) is 1. The maximum absolute atomic E-state index is 12.6. The molecule has 0 aliphatic heterocycles. The lowest BCUT2D eigenvalue weighted by Gasteiger charge is -2.19. The van der Waals surface area contributed by atoms with Gasteiger partial charge >= 0.3 is 0 Å². The van der Waals surface area contributed by atoms with Crippen LogP contribution in [-0.2, 0) is 0 Å². The quantitative estimate of drug-likeness (QED) is 0.611. The molecule has 3 rings (SSSR count). The molecule has 0 radical (unpaired) electrons. The Morgan fingerprint density at radius 3 is 2.29 bits per heavy atom. The zero-order chi connectivity index (χ0) is 22.4. The summed E-state index contributed by atoms with van der Waals surface area (Å²) >= 11 is 0. The number of rotatable bonds is 7. The molecule has 0 bridgehead atoms. The van der Waals surface area contributed by atoms with E-state index in [1.165, 1.54) is 6.20 Å². The number of benzene rings is 2. The summed E-state index contributed by atoms with van der Waals surface area (Å²) in [4.78, 5) is 37.4. The lowest BCUT2D eigenvalue weighted by atomic mass is 10.1. The minimum atomic E-state index is -0.438. The van der Waals surface area contributed by atoms with Crippen molar-refractivity contribution >= 4 is 23.3 Å². The summed E-state index contributed by atoms with van der Waals surface area (Å²) in [5, 5.41) is 2.76. The molecular formula is C23H26N6O2. The molecule has 8 heteroatoms. The Hall–Kier alpha value is -3.78. The summed E-state index contributed by atoms with van der Waals surface area (Å²) in [5.41, 5.74) is 8.37. The first-order valence-electron chi connectivity index (χ1n) is 9.84. The maximum atomic E-state index is 12.6. The van der Waals surface area contributed by atoms with Crippen molar-refractivity contribution in [3.05, 3.63) is 72.1 Å². The molecule has 31 heavy (non-hydrogen) atoms. The number of likely N-dealkylation sites (N-methyl/N-ethyl adjacent to an activating group) is 2. The molecule has 2 aromatic carbocycles. The lowest BCUT2D eigenvalue weighted by Crippen LogP contribution is -2.33. The van der Waals surface area contributed by atoms with E-state index in [4.69, 9.17) is 5.73 Å². The number of amides is 2. The number of nitrogens with zero attached hydrogens (tertiary/aromatic N) is 4. The van der Waals surface area contributed by atoms with E-state index in [0.717, 1.165) is 12.1 Å². The Balaban J connectivity index is 1.76. The molecule has 1 heterocycles. The second-order valence-corrected chi connectivity index (χ2v) is 7.42. The minimum Gasteiger partial charge on any atom is -0.382 e. The van der Waals surface area contributed by atoms with Crippen molar-refractivity contribution in [1.82, 2.24) is 19.8 Å². The van der Waals surface area contributed by atoms with Crippen LogP contribution < -0.4 is 11.1 Å². The van der Waals surface area contributed by atoms with E-state index in [-0.39, 0.29) is 17.4 Å². The topological polar surface area (TPSA) is 104 Å². The molecule has 0 saturated carbocycles. The molecule has 3 N–H and O–H groups in total. The molecule has 0 aliphatic rings. The summed E-state index contributed by atoms with van der Waals surface area (Å²) in [6.45, 7) is 1.42. The van der Waals surface area contributed by atoms with Crippen molar-refractivity contribution in [2.24, 2.45) is 0 Å². The largest absolute Gasteiger partial charge is 0.382 e. The van der Waals surface area contributed by atoms with Gasteiger partial charge in [-0.25, -0.2) is 9.97 Å². The molecule has 0 fully saturated rings. The van der Waals surface area contributed by atoms with Crippen molar-refractivity contribution in [2.45, 2.75) is 0 Å². The fourth-order valence-electron chi connectivity index (χ4n) is 2.87. The number of carbonyl (C=O) groups excluding carboxylic acids is 2. The van der Waals surface area contributed by atoms with Gasteiger partial charge in [0.2, 0.25) is 0 Å². The highest BCUT2D eigenvalue weighted by atomic mass is 16.2. The smallest absolute Gasteiger partial charge is 0.278 e. The molecule has 0 spiro atoms. The van der Waals surface area contributed by atoms with Crippen LogP contribution in [0.1, 0.15) is 20.8 Å². The van der Waals surface area contributed by atoms with Crippen LogP contribution >= 0.6 is 0 Å². The first kappa shape index (κ1) is 21.9. The molecule has 160 valence electrons. The summed E-state index contributed by atoms with van der Waals surface area (Å²) in [5.74, 6) is -0.446. The van der Waals surface area contributed by atoms with Crippen LogP contribution in [0.3, 0.4) is 0 Å². The van der Waals surface area contributed by atoms with Crippen LogP contribution in [0.4, 0.5) is 11.5 Å². The van der Waals surface area contributed by atoms with E-state index in [1.54, 1.807) is 48.3 Å². The van der Waals surface area contributed by atoms with Gasteiger partial charge in [0.15, 0.2) is 11.5 Å². The van der Waals surface area contributed by atoms with Gasteiger partial charge in [0.05, 0.1) is 11.9 Å². The Kier molecular flexibility index (Phi) is 6.94. The van der Waals surface area contributed by atoms with Gasteiger partial charge in [-0.2, -0.15) is 0 Å². The predicted octanol–water partition coefficient (Wildman–Crippen LogP) is 2.61. The normalized spacial score (nSPS) is 10.7. The van der Waals surface area contributed by atoms with Crippen LogP contribution in [0.5, 0.6) is 0 Å². The average Bonchev–Trinajstić information content (AvgIpc) is 2.78. The third kappa shape index (κ3) is 5.64. The van der Waals surface area contributed by atoms with Gasteiger partial charge in [-0.3, -0.25) is 9.59 Å². The molecule has 8 nitrogen and oxygen atoms in total. The molecule has 2 amide bonds. The molecule has 0 aliphatic carbocycles. The van der Waals surface area contributed by atoms with Crippen LogP contribution in [0.2, 0.25) is 0 Å². The number of hydrogen-bond donors (Lipinski definition) is 2. The van der Waals surface area contributed by atoms with Crippen molar-refractivity contribution in [2.75, 3.05) is 45.3 Å². The van der Waals surface area contributed by atoms with Gasteiger partial charge in [0.1, 0.15) is 0 Å². The number of nitrogens with two attached hydrogens (primary N) is 1. The molecule has 0 atom stereocenters. The van der Waals surface area contributed by atoms with Crippen LogP contribution in [-0.4, -0.2) is 65.8 Å². The number of para-hydroxylation sites is 1. The van der Waals surface area contributed by atoms with E-state index in [9.17, 15) is 9.59 Å². The predicted molar refractivity (Wildman–Crippen MR) is 122 cm³/mol. The van der Waals surface area contributed by atoms with Crippen molar-refractivity contribution < 1.29 is 9.59 Å².